The molecule has 6 nitrogen and oxygen atoms in total. The molecule has 0 aliphatic carbocycles. The van der Waals surface area contributed by atoms with Gasteiger partial charge in [-0.25, -0.2) is 14.8 Å². The molecule has 1 atom stereocenters. The Morgan fingerprint density at radius 3 is 2.36 bits per heavy atom. The summed E-state index contributed by atoms with van der Waals surface area (Å²) >= 11 is 2.16. The second kappa shape index (κ2) is 7.39. The number of carbonyl (C=O) groups excluding carboxylic acids is 1. The third-order valence-corrected chi connectivity index (χ3v) is 3.53. The minimum Gasteiger partial charge on any atom is -0.479 e. The maximum Gasteiger partial charge on any atom is 0.346 e. The van der Waals surface area contributed by atoms with Crippen molar-refractivity contribution in [2.45, 2.75) is 13.0 Å². The third kappa shape index (κ3) is 4.06. The number of halogens is 1. The van der Waals surface area contributed by atoms with Gasteiger partial charge >= 0.3 is 5.97 Å². The number of nitrogens with zero attached hydrogens (tertiary/aromatic N) is 3. The van der Waals surface area contributed by atoms with Crippen molar-refractivity contribution >= 4 is 40.2 Å². The van der Waals surface area contributed by atoms with Crippen molar-refractivity contribution in [3.05, 3.63) is 40.2 Å². The van der Waals surface area contributed by atoms with Crippen LogP contribution in [0.4, 0.5) is 11.6 Å². The van der Waals surface area contributed by atoms with E-state index in [0.29, 0.717) is 11.7 Å². The van der Waals surface area contributed by atoms with E-state index in [1.54, 1.807) is 31.5 Å². The van der Waals surface area contributed by atoms with Crippen LogP contribution in [0.5, 0.6) is 5.75 Å². The molecule has 0 saturated heterocycles. The highest BCUT2D eigenvalue weighted by Gasteiger charge is 2.15. The van der Waals surface area contributed by atoms with Crippen LogP contribution >= 0.6 is 22.6 Å². The molecule has 0 spiro atoms. The zero-order chi connectivity index (χ0) is 16.1. The van der Waals surface area contributed by atoms with Crippen molar-refractivity contribution in [3.63, 3.8) is 0 Å². The van der Waals surface area contributed by atoms with Crippen LogP contribution in [0.2, 0.25) is 0 Å². The lowest BCUT2D eigenvalue weighted by Crippen LogP contribution is -2.24. The molecule has 1 aromatic heterocycles. The first kappa shape index (κ1) is 16.5. The molecule has 0 fully saturated rings. The third-order valence-electron chi connectivity index (χ3n) is 2.98. The van der Waals surface area contributed by atoms with Gasteiger partial charge in [0.2, 0.25) is 5.95 Å². The molecule has 2 aromatic rings. The largest absolute Gasteiger partial charge is 0.479 e. The van der Waals surface area contributed by atoms with Gasteiger partial charge in [0.1, 0.15) is 5.75 Å². The molecule has 0 aliphatic heterocycles. The topological polar surface area (TPSA) is 64.6 Å². The molecule has 0 bridgehead atoms. The fourth-order valence-electron chi connectivity index (χ4n) is 1.76. The molecule has 1 heterocycles. The van der Waals surface area contributed by atoms with Gasteiger partial charge in [0.25, 0.3) is 0 Å². The average molecular weight is 413 g/mol. The molecule has 0 amide bonds. The second-order valence-corrected chi connectivity index (χ2v) is 5.78. The zero-order valence-corrected chi connectivity index (χ0v) is 14.6. The molecule has 22 heavy (non-hydrogen) atoms. The molecule has 1 aromatic carbocycles. The van der Waals surface area contributed by atoms with Crippen molar-refractivity contribution in [1.29, 1.82) is 0 Å². The van der Waals surface area contributed by atoms with Gasteiger partial charge in [-0.15, -0.1) is 0 Å². The van der Waals surface area contributed by atoms with Gasteiger partial charge in [0.05, 0.1) is 7.11 Å². The minimum absolute atomic E-state index is 0.409. The Balaban J connectivity index is 2.08. The van der Waals surface area contributed by atoms with E-state index >= 15 is 0 Å². The molecule has 0 radical (unpaired) electrons. The van der Waals surface area contributed by atoms with Crippen LogP contribution in [0, 0.1) is 3.57 Å². The Morgan fingerprint density at radius 1 is 1.23 bits per heavy atom. The zero-order valence-electron chi connectivity index (χ0n) is 12.5. The fraction of sp³-hybridized carbons (Fsp3) is 0.267. The fourth-order valence-corrected chi connectivity index (χ4v) is 2.04. The summed E-state index contributed by atoms with van der Waals surface area (Å²) in [5, 5.41) is 0. The van der Waals surface area contributed by atoms with Crippen molar-refractivity contribution in [1.82, 2.24) is 9.97 Å². The van der Waals surface area contributed by atoms with Crippen molar-refractivity contribution in [2.24, 2.45) is 0 Å². The number of hydrogen-bond acceptors (Lipinski definition) is 6. The first-order valence-corrected chi connectivity index (χ1v) is 7.65. The van der Waals surface area contributed by atoms with Crippen LogP contribution in [-0.2, 0) is 9.53 Å². The Kier molecular flexibility index (Phi) is 5.53. The Labute approximate surface area is 142 Å². The average Bonchev–Trinajstić information content (AvgIpc) is 2.54. The summed E-state index contributed by atoms with van der Waals surface area (Å²) in [6.07, 6.45) is 2.87. The summed E-state index contributed by atoms with van der Waals surface area (Å²) in [4.78, 5) is 21.7. The van der Waals surface area contributed by atoms with Crippen LogP contribution in [0.15, 0.2) is 36.7 Å². The van der Waals surface area contributed by atoms with Gasteiger partial charge in [0, 0.05) is 28.7 Å². The molecule has 0 saturated carbocycles. The summed E-state index contributed by atoms with van der Waals surface area (Å²) in [6.45, 7) is 1.64. The van der Waals surface area contributed by atoms with E-state index in [9.17, 15) is 4.79 Å². The summed E-state index contributed by atoms with van der Waals surface area (Å²) in [5.41, 5.74) is 0.916. The van der Waals surface area contributed by atoms with Crippen molar-refractivity contribution in [3.8, 4) is 5.75 Å². The number of aromatic nitrogens is 2. The van der Waals surface area contributed by atoms with Crippen molar-refractivity contribution in [2.75, 3.05) is 19.1 Å². The van der Waals surface area contributed by atoms with Crippen LogP contribution < -0.4 is 9.64 Å². The van der Waals surface area contributed by atoms with E-state index in [4.69, 9.17) is 4.74 Å². The molecule has 0 aliphatic rings. The number of rotatable bonds is 5. The highest BCUT2D eigenvalue weighted by Crippen LogP contribution is 2.23. The number of carbonyl (C=O) groups is 1. The molecule has 116 valence electrons. The summed E-state index contributed by atoms with van der Waals surface area (Å²) in [5.74, 6) is 0.795. The van der Waals surface area contributed by atoms with E-state index in [0.717, 1.165) is 9.26 Å². The predicted octanol–water partition coefficient (Wildman–Crippen LogP) is 2.79. The van der Waals surface area contributed by atoms with E-state index < -0.39 is 12.1 Å². The maximum atomic E-state index is 11.3. The predicted molar refractivity (Wildman–Crippen MR) is 91.4 cm³/mol. The normalized spacial score (nSPS) is 11.6. The maximum absolute atomic E-state index is 11.3. The van der Waals surface area contributed by atoms with Gasteiger partial charge in [-0.1, -0.05) is 0 Å². The number of hydrogen-bond donors (Lipinski definition) is 0. The quantitative estimate of drug-likeness (QED) is 0.555. The SMILES string of the molecule is COC(=O)C(C)Oc1ccc(N(C)c2ncc(I)cn2)cc1. The minimum atomic E-state index is -0.645. The molecule has 0 N–H and O–H groups in total. The first-order valence-electron chi connectivity index (χ1n) is 6.57. The van der Waals surface area contributed by atoms with Gasteiger partial charge in [-0.05, 0) is 53.8 Å². The number of methoxy groups -OCH3 is 1. The van der Waals surface area contributed by atoms with E-state index in [2.05, 4.69) is 37.3 Å². The summed E-state index contributed by atoms with van der Waals surface area (Å²) < 4.78 is 11.1. The number of anilines is 2. The van der Waals surface area contributed by atoms with E-state index in [1.807, 2.05) is 24.1 Å². The Hall–Kier alpha value is -1.90. The van der Waals surface area contributed by atoms with Gasteiger partial charge < -0.3 is 14.4 Å². The number of esters is 1. The highest BCUT2D eigenvalue weighted by atomic mass is 127. The standard InChI is InChI=1S/C15H16IN3O3/c1-10(14(20)21-3)22-13-6-4-12(5-7-13)19(2)15-17-8-11(16)9-18-15/h4-10H,1-3H3. The molecule has 1 unspecified atom stereocenters. The summed E-state index contributed by atoms with van der Waals surface area (Å²) in [6, 6.07) is 7.33. The highest BCUT2D eigenvalue weighted by molar-refractivity contribution is 14.1. The molecular weight excluding hydrogens is 397 g/mol. The van der Waals surface area contributed by atoms with Crippen molar-refractivity contribution < 1.29 is 14.3 Å². The summed E-state index contributed by atoms with van der Waals surface area (Å²) in [7, 11) is 3.22. The van der Waals surface area contributed by atoms with Crippen LogP contribution in [0.25, 0.3) is 0 Å². The Morgan fingerprint density at radius 2 is 1.82 bits per heavy atom. The van der Waals surface area contributed by atoms with Gasteiger partial charge in [-0.2, -0.15) is 0 Å². The number of ether oxygens (including phenoxy) is 2. The molecular formula is C15H16IN3O3. The lowest BCUT2D eigenvalue weighted by Gasteiger charge is -2.18. The van der Waals surface area contributed by atoms with Gasteiger partial charge in [-0.3, -0.25) is 0 Å². The number of benzene rings is 1. The van der Waals surface area contributed by atoms with Crippen LogP contribution in [0.3, 0.4) is 0 Å². The van der Waals surface area contributed by atoms with Crippen LogP contribution in [-0.4, -0.2) is 36.2 Å². The lowest BCUT2D eigenvalue weighted by molar-refractivity contribution is -0.147. The van der Waals surface area contributed by atoms with E-state index in [1.165, 1.54) is 7.11 Å². The van der Waals surface area contributed by atoms with Gasteiger partial charge in [0.15, 0.2) is 6.10 Å². The second-order valence-electron chi connectivity index (χ2n) is 4.54. The van der Waals surface area contributed by atoms with E-state index in [-0.39, 0.29) is 0 Å². The Bertz CT molecular complexity index is 631. The monoisotopic (exact) mass is 413 g/mol. The lowest BCUT2D eigenvalue weighted by atomic mass is 10.3. The molecule has 7 heteroatoms. The first-order chi connectivity index (χ1) is 10.5. The smallest absolute Gasteiger partial charge is 0.346 e. The molecule has 2 rings (SSSR count). The van der Waals surface area contributed by atoms with Crippen LogP contribution in [0.1, 0.15) is 6.92 Å².